The molecule has 0 heterocycles. The molecule has 0 atom stereocenters. The van der Waals surface area contributed by atoms with Crippen LogP contribution in [0.2, 0.25) is 0 Å². The Morgan fingerprint density at radius 2 is 1.70 bits per heavy atom. The van der Waals surface area contributed by atoms with Crippen LogP contribution in [0.25, 0.3) is 0 Å². The highest BCUT2D eigenvalue weighted by atomic mass is 32.2. The lowest BCUT2D eigenvalue weighted by Gasteiger charge is -2.10. The number of hydrogen-bond donors (Lipinski definition) is 2. The number of nitrogens with one attached hydrogen (secondary N) is 1. The van der Waals surface area contributed by atoms with E-state index in [1.54, 1.807) is 19.1 Å². The van der Waals surface area contributed by atoms with Gasteiger partial charge in [-0.2, -0.15) is 0 Å². The van der Waals surface area contributed by atoms with Gasteiger partial charge in [-0.3, -0.25) is 0 Å². The zero-order valence-electron chi connectivity index (χ0n) is 11.6. The van der Waals surface area contributed by atoms with Crippen LogP contribution in [0.5, 0.6) is 0 Å². The van der Waals surface area contributed by atoms with Crippen molar-refractivity contribution in [1.29, 1.82) is 0 Å². The predicted molar refractivity (Wildman–Crippen MR) is 80.8 cm³/mol. The van der Waals surface area contributed by atoms with Crippen LogP contribution in [0.1, 0.15) is 16.7 Å². The summed E-state index contributed by atoms with van der Waals surface area (Å²) >= 11 is 0. The van der Waals surface area contributed by atoms with E-state index in [4.69, 9.17) is 5.73 Å². The first kappa shape index (κ1) is 14.6. The molecule has 4 nitrogen and oxygen atoms in total. The van der Waals surface area contributed by atoms with E-state index in [0.717, 1.165) is 11.1 Å². The number of rotatable bonds is 4. The molecule has 2 aromatic carbocycles. The normalized spacial score (nSPS) is 11.5. The fourth-order valence-electron chi connectivity index (χ4n) is 1.87. The van der Waals surface area contributed by atoms with E-state index in [-0.39, 0.29) is 11.4 Å². The number of hydrogen-bond acceptors (Lipinski definition) is 3. The summed E-state index contributed by atoms with van der Waals surface area (Å²) in [6.07, 6.45) is 0. The molecule has 0 radical (unpaired) electrons. The van der Waals surface area contributed by atoms with Crippen LogP contribution < -0.4 is 10.5 Å². The van der Waals surface area contributed by atoms with Crippen LogP contribution in [0.15, 0.2) is 47.4 Å². The van der Waals surface area contributed by atoms with Gasteiger partial charge in [-0.15, -0.1) is 0 Å². The molecule has 0 aromatic heterocycles. The monoisotopic (exact) mass is 290 g/mol. The van der Waals surface area contributed by atoms with Crippen molar-refractivity contribution in [1.82, 2.24) is 4.72 Å². The number of benzene rings is 2. The number of aryl methyl sites for hydroxylation is 2. The first-order chi connectivity index (χ1) is 9.38. The van der Waals surface area contributed by atoms with E-state index in [1.807, 2.05) is 31.2 Å². The van der Waals surface area contributed by atoms with Crippen molar-refractivity contribution >= 4 is 15.7 Å². The van der Waals surface area contributed by atoms with Gasteiger partial charge in [-0.05, 0) is 37.1 Å². The Kier molecular flexibility index (Phi) is 4.11. The van der Waals surface area contributed by atoms with Gasteiger partial charge in [0.1, 0.15) is 0 Å². The Labute approximate surface area is 119 Å². The molecule has 0 aliphatic heterocycles. The third-order valence-corrected chi connectivity index (χ3v) is 4.63. The molecule has 0 fully saturated rings. The zero-order chi connectivity index (χ0) is 14.8. The van der Waals surface area contributed by atoms with Crippen LogP contribution in [-0.4, -0.2) is 8.42 Å². The molecule has 0 saturated carbocycles. The van der Waals surface area contributed by atoms with E-state index >= 15 is 0 Å². The van der Waals surface area contributed by atoms with E-state index in [9.17, 15) is 8.42 Å². The zero-order valence-corrected chi connectivity index (χ0v) is 12.4. The van der Waals surface area contributed by atoms with Gasteiger partial charge in [0.05, 0.1) is 4.90 Å². The third-order valence-electron chi connectivity index (χ3n) is 3.09. The summed E-state index contributed by atoms with van der Waals surface area (Å²) in [6, 6.07) is 12.6. The average Bonchev–Trinajstić information content (AvgIpc) is 2.41. The maximum Gasteiger partial charge on any atom is 0.241 e. The molecular weight excluding hydrogens is 272 g/mol. The van der Waals surface area contributed by atoms with Crippen LogP contribution in [0.4, 0.5) is 5.69 Å². The number of nitrogen functional groups attached to an aromatic ring is 1. The first-order valence-corrected chi connectivity index (χ1v) is 7.78. The summed E-state index contributed by atoms with van der Waals surface area (Å²) in [4.78, 5) is 0.226. The second kappa shape index (κ2) is 5.64. The molecule has 0 amide bonds. The molecule has 0 aliphatic carbocycles. The fraction of sp³-hybridized carbons (Fsp3) is 0.200. The summed E-state index contributed by atoms with van der Waals surface area (Å²) < 4.78 is 27.2. The summed E-state index contributed by atoms with van der Waals surface area (Å²) in [5.41, 5.74) is 8.83. The Morgan fingerprint density at radius 1 is 1.05 bits per heavy atom. The first-order valence-electron chi connectivity index (χ1n) is 6.30. The van der Waals surface area contributed by atoms with Crippen molar-refractivity contribution in [2.45, 2.75) is 25.3 Å². The standard InChI is InChI=1S/C15H18N2O2S/c1-11-3-6-13(7-4-11)10-17-20(18,19)15-9-14(16)8-5-12(15)2/h3-9,17H,10,16H2,1-2H3. The molecule has 3 N–H and O–H groups in total. The van der Waals surface area contributed by atoms with Crippen molar-refractivity contribution in [2.24, 2.45) is 0 Å². The molecular formula is C15H18N2O2S. The smallest absolute Gasteiger partial charge is 0.241 e. The highest BCUT2D eigenvalue weighted by molar-refractivity contribution is 7.89. The molecule has 0 bridgehead atoms. The third kappa shape index (κ3) is 3.37. The largest absolute Gasteiger partial charge is 0.399 e. The van der Waals surface area contributed by atoms with Crippen molar-refractivity contribution < 1.29 is 8.42 Å². The molecule has 20 heavy (non-hydrogen) atoms. The Hall–Kier alpha value is -1.85. The quantitative estimate of drug-likeness (QED) is 0.849. The summed E-state index contributed by atoms with van der Waals surface area (Å²) in [5.74, 6) is 0. The van der Waals surface area contributed by atoms with Gasteiger partial charge in [-0.1, -0.05) is 35.9 Å². The topological polar surface area (TPSA) is 72.2 Å². The van der Waals surface area contributed by atoms with E-state index < -0.39 is 10.0 Å². The fourth-order valence-corrected chi connectivity index (χ4v) is 3.16. The van der Waals surface area contributed by atoms with Gasteiger partial charge in [0.2, 0.25) is 10.0 Å². The molecule has 0 saturated heterocycles. The van der Waals surface area contributed by atoms with Crippen molar-refractivity contribution in [3.05, 3.63) is 59.2 Å². The SMILES string of the molecule is Cc1ccc(CNS(=O)(=O)c2cc(N)ccc2C)cc1. The lowest BCUT2D eigenvalue weighted by molar-refractivity contribution is 0.580. The molecule has 106 valence electrons. The number of sulfonamides is 1. The van der Waals surface area contributed by atoms with E-state index in [0.29, 0.717) is 11.3 Å². The average molecular weight is 290 g/mol. The highest BCUT2D eigenvalue weighted by Crippen LogP contribution is 2.18. The van der Waals surface area contributed by atoms with Crippen molar-refractivity contribution in [3.8, 4) is 0 Å². The molecule has 0 aliphatic rings. The van der Waals surface area contributed by atoms with Gasteiger partial charge in [0.15, 0.2) is 0 Å². The molecule has 2 aromatic rings. The summed E-state index contributed by atoms with van der Waals surface area (Å²) in [7, 11) is -3.55. The molecule has 0 spiro atoms. The lowest BCUT2D eigenvalue weighted by Crippen LogP contribution is -2.24. The van der Waals surface area contributed by atoms with Crippen LogP contribution in [0.3, 0.4) is 0 Å². The van der Waals surface area contributed by atoms with Crippen LogP contribution >= 0.6 is 0 Å². The van der Waals surface area contributed by atoms with Crippen molar-refractivity contribution in [2.75, 3.05) is 5.73 Å². The molecule has 0 unspecified atom stereocenters. The highest BCUT2D eigenvalue weighted by Gasteiger charge is 2.16. The Balaban J connectivity index is 2.19. The van der Waals surface area contributed by atoms with E-state index in [1.165, 1.54) is 6.07 Å². The lowest BCUT2D eigenvalue weighted by atomic mass is 10.2. The second-order valence-electron chi connectivity index (χ2n) is 4.84. The minimum Gasteiger partial charge on any atom is -0.399 e. The van der Waals surface area contributed by atoms with Crippen LogP contribution in [-0.2, 0) is 16.6 Å². The van der Waals surface area contributed by atoms with Gasteiger partial charge in [0, 0.05) is 12.2 Å². The van der Waals surface area contributed by atoms with Crippen molar-refractivity contribution in [3.63, 3.8) is 0 Å². The van der Waals surface area contributed by atoms with Gasteiger partial charge >= 0.3 is 0 Å². The molecule has 5 heteroatoms. The molecule has 2 rings (SSSR count). The van der Waals surface area contributed by atoms with Gasteiger partial charge < -0.3 is 5.73 Å². The van der Waals surface area contributed by atoms with Gasteiger partial charge in [-0.25, -0.2) is 13.1 Å². The van der Waals surface area contributed by atoms with Crippen LogP contribution in [0, 0.1) is 13.8 Å². The number of nitrogens with two attached hydrogens (primary N) is 1. The summed E-state index contributed by atoms with van der Waals surface area (Å²) in [5, 5.41) is 0. The van der Waals surface area contributed by atoms with Gasteiger partial charge in [0.25, 0.3) is 0 Å². The van der Waals surface area contributed by atoms with E-state index in [2.05, 4.69) is 4.72 Å². The predicted octanol–water partition coefficient (Wildman–Crippen LogP) is 2.36. The second-order valence-corrected chi connectivity index (χ2v) is 6.57. The maximum absolute atomic E-state index is 12.3. The Morgan fingerprint density at radius 3 is 2.35 bits per heavy atom. The summed E-state index contributed by atoms with van der Waals surface area (Å²) in [6.45, 7) is 4.00. The minimum atomic E-state index is -3.55. The maximum atomic E-state index is 12.3. The number of anilines is 1. The Bertz CT molecular complexity index is 707. The minimum absolute atomic E-state index is 0.226.